The van der Waals surface area contributed by atoms with E-state index in [2.05, 4.69) is 0 Å². The molecule has 0 aliphatic carbocycles. The van der Waals surface area contributed by atoms with Crippen molar-refractivity contribution in [1.29, 1.82) is 0 Å². The maximum Gasteiger partial charge on any atom is 0.310 e. The maximum atomic E-state index is 11.5. The van der Waals surface area contributed by atoms with E-state index >= 15 is 0 Å². The van der Waals surface area contributed by atoms with Gasteiger partial charge in [-0.2, -0.15) is 0 Å². The van der Waals surface area contributed by atoms with Crippen LogP contribution in [0.25, 0.3) is 0 Å². The zero-order valence-electron chi connectivity index (χ0n) is 10.3. The Morgan fingerprint density at radius 3 is 2.71 bits per heavy atom. The van der Waals surface area contributed by atoms with Crippen molar-refractivity contribution in [2.45, 2.75) is 26.4 Å². The summed E-state index contributed by atoms with van der Waals surface area (Å²) in [5.41, 5.74) is 6.20. The summed E-state index contributed by atoms with van der Waals surface area (Å²) in [6.07, 6.45) is 0.124. The molecule has 0 bridgehead atoms. The third-order valence-corrected chi connectivity index (χ3v) is 2.05. The summed E-state index contributed by atoms with van der Waals surface area (Å²) < 4.78 is 10.6. The van der Waals surface area contributed by atoms with Crippen molar-refractivity contribution in [3.63, 3.8) is 0 Å². The highest BCUT2D eigenvalue weighted by atomic mass is 16.5. The molecular formula is C13H19NO3. The molecule has 0 unspecified atom stereocenters. The Bertz CT molecular complexity index is 363. The van der Waals surface area contributed by atoms with Gasteiger partial charge in [0.1, 0.15) is 12.4 Å². The molecular weight excluding hydrogens is 218 g/mol. The average molecular weight is 237 g/mol. The molecule has 0 aromatic heterocycles. The van der Waals surface area contributed by atoms with E-state index < -0.39 is 0 Å². The molecule has 1 rings (SSSR count). The lowest BCUT2D eigenvalue weighted by atomic mass is 10.1. The van der Waals surface area contributed by atoms with Crippen LogP contribution in [0, 0.1) is 0 Å². The Kier molecular flexibility index (Phi) is 5.49. The fourth-order valence-electron chi connectivity index (χ4n) is 1.42. The van der Waals surface area contributed by atoms with Gasteiger partial charge in [-0.3, -0.25) is 4.79 Å². The Morgan fingerprint density at radius 2 is 2.06 bits per heavy atom. The number of nitrogens with two attached hydrogens (primary N) is 1. The van der Waals surface area contributed by atoms with E-state index in [9.17, 15) is 4.79 Å². The minimum atomic E-state index is -0.246. The molecule has 0 atom stereocenters. The van der Waals surface area contributed by atoms with Crippen molar-refractivity contribution in [2.24, 2.45) is 5.73 Å². The smallest absolute Gasteiger partial charge is 0.310 e. The lowest BCUT2D eigenvalue weighted by Gasteiger charge is -2.11. The highest BCUT2D eigenvalue weighted by Crippen LogP contribution is 2.18. The summed E-state index contributed by atoms with van der Waals surface area (Å²) in [6, 6.07) is 7.41. The summed E-state index contributed by atoms with van der Waals surface area (Å²) in [6.45, 7) is 4.55. The van der Waals surface area contributed by atoms with Crippen LogP contribution in [0.5, 0.6) is 5.75 Å². The Morgan fingerprint density at radius 1 is 1.35 bits per heavy atom. The van der Waals surface area contributed by atoms with Crippen LogP contribution in [0.3, 0.4) is 0 Å². The van der Waals surface area contributed by atoms with Crippen LogP contribution < -0.4 is 10.5 Å². The molecule has 0 spiro atoms. The van der Waals surface area contributed by atoms with Crippen LogP contribution >= 0.6 is 0 Å². The molecule has 0 aliphatic heterocycles. The van der Waals surface area contributed by atoms with Crippen molar-refractivity contribution < 1.29 is 14.3 Å². The Balaban J connectivity index is 2.65. The molecule has 0 saturated heterocycles. The number of benzene rings is 1. The molecule has 0 radical (unpaired) electrons. The first-order valence-corrected chi connectivity index (χ1v) is 5.73. The van der Waals surface area contributed by atoms with Gasteiger partial charge in [0, 0.05) is 12.1 Å². The largest absolute Gasteiger partial charge is 0.492 e. The number of hydrogen-bond donors (Lipinski definition) is 1. The number of esters is 1. The van der Waals surface area contributed by atoms with Gasteiger partial charge in [0.15, 0.2) is 0 Å². The van der Waals surface area contributed by atoms with Gasteiger partial charge in [0.2, 0.25) is 0 Å². The van der Waals surface area contributed by atoms with Gasteiger partial charge >= 0.3 is 5.97 Å². The van der Waals surface area contributed by atoms with Crippen molar-refractivity contribution in [2.75, 3.05) is 13.2 Å². The minimum absolute atomic E-state index is 0.0976. The molecule has 1 aromatic rings. The number of para-hydroxylation sites is 1. The molecule has 4 nitrogen and oxygen atoms in total. The van der Waals surface area contributed by atoms with Crippen LogP contribution in [0.1, 0.15) is 19.4 Å². The van der Waals surface area contributed by atoms with Crippen LogP contribution in [0.4, 0.5) is 0 Å². The topological polar surface area (TPSA) is 61.5 Å². The first-order chi connectivity index (χ1) is 8.13. The number of carbonyl (C=O) groups excluding carboxylic acids is 1. The molecule has 2 N–H and O–H groups in total. The zero-order valence-corrected chi connectivity index (χ0v) is 10.3. The van der Waals surface area contributed by atoms with E-state index in [-0.39, 0.29) is 18.5 Å². The third-order valence-electron chi connectivity index (χ3n) is 2.05. The molecule has 0 amide bonds. The fraction of sp³-hybridized carbons (Fsp3) is 0.462. The van der Waals surface area contributed by atoms with Crippen molar-refractivity contribution in [1.82, 2.24) is 0 Å². The summed E-state index contributed by atoms with van der Waals surface area (Å²) in [4.78, 5) is 11.5. The Hall–Kier alpha value is -1.55. The molecule has 1 aromatic carbocycles. The van der Waals surface area contributed by atoms with E-state index in [0.717, 1.165) is 5.56 Å². The van der Waals surface area contributed by atoms with Gasteiger partial charge in [-0.1, -0.05) is 18.2 Å². The molecule has 94 valence electrons. The van der Waals surface area contributed by atoms with Crippen molar-refractivity contribution in [3.8, 4) is 5.75 Å². The second kappa shape index (κ2) is 6.91. The average Bonchev–Trinajstić information content (AvgIpc) is 2.26. The van der Waals surface area contributed by atoms with E-state index in [1.807, 2.05) is 38.1 Å². The van der Waals surface area contributed by atoms with Crippen molar-refractivity contribution in [3.05, 3.63) is 29.8 Å². The summed E-state index contributed by atoms with van der Waals surface area (Å²) >= 11 is 0. The summed E-state index contributed by atoms with van der Waals surface area (Å²) in [7, 11) is 0. The van der Waals surface area contributed by atoms with Gasteiger partial charge in [0.25, 0.3) is 0 Å². The second-order valence-electron chi connectivity index (χ2n) is 3.96. The number of hydrogen-bond acceptors (Lipinski definition) is 4. The normalized spacial score (nSPS) is 10.4. The SMILES string of the molecule is CC(C)OC(=O)Cc1ccccc1OCCN. The first-order valence-electron chi connectivity index (χ1n) is 5.73. The first kappa shape index (κ1) is 13.5. The molecule has 4 heteroatoms. The van der Waals surface area contributed by atoms with Gasteiger partial charge < -0.3 is 15.2 Å². The van der Waals surface area contributed by atoms with Gasteiger partial charge in [0.05, 0.1) is 12.5 Å². The van der Waals surface area contributed by atoms with Gasteiger partial charge in [-0.25, -0.2) is 0 Å². The zero-order chi connectivity index (χ0) is 12.7. The standard InChI is InChI=1S/C13H19NO3/c1-10(2)17-13(15)9-11-5-3-4-6-12(11)16-8-7-14/h3-6,10H,7-9,14H2,1-2H3. The van der Waals surface area contributed by atoms with E-state index in [4.69, 9.17) is 15.2 Å². The molecule has 0 aliphatic rings. The van der Waals surface area contributed by atoms with Gasteiger partial charge in [-0.15, -0.1) is 0 Å². The van der Waals surface area contributed by atoms with Crippen LogP contribution in [0.15, 0.2) is 24.3 Å². The summed E-state index contributed by atoms with van der Waals surface area (Å²) in [5.74, 6) is 0.447. The molecule has 0 saturated carbocycles. The third kappa shape index (κ3) is 4.87. The molecule has 0 heterocycles. The highest BCUT2D eigenvalue weighted by Gasteiger charge is 2.10. The van der Waals surface area contributed by atoms with E-state index in [1.165, 1.54) is 0 Å². The van der Waals surface area contributed by atoms with Crippen LogP contribution in [0.2, 0.25) is 0 Å². The second-order valence-corrected chi connectivity index (χ2v) is 3.96. The summed E-state index contributed by atoms with van der Waals surface area (Å²) in [5, 5.41) is 0. The number of rotatable bonds is 6. The number of ether oxygens (including phenoxy) is 2. The van der Waals surface area contributed by atoms with Gasteiger partial charge in [-0.05, 0) is 19.9 Å². The fourth-order valence-corrected chi connectivity index (χ4v) is 1.42. The quantitative estimate of drug-likeness (QED) is 0.762. The van der Waals surface area contributed by atoms with Crippen LogP contribution in [-0.2, 0) is 16.0 Å². The predicted molar refractivity (Wildman–Crippen MR) is 65.9 cm³/mol. The molecule has 0 fully saturated rings. The van der Waals surface area contributed by atoms with E-state index in [1.54, 1.807) is 0 Å². The predicted octanol–water partition coefficient (Wildman–Crippen LogP) is 1.52. The molecule has 17 heavy (non-hydrogen) atoms. The lowest BCUT2D eigenvalue weighted by molar-refractivity contribution is -0.146. The number of carbonyl (C=O) groups is 1. The van der Waals surface area contributed by atoms with Crippen LogP contribution in [-0.4, -0.2) is 25.2 Å². The highest BCUT2D eigenvalue weighted by molar-refractivity contribution is 5.73. The lowest BCUT2D eigenvalue weighted by Crippen LogP contribution is -2.15. The van der Waals surface area contributed by atoms with Crippen molar-refractivity contribution >= 4 is 5.97 Å². The minimum Gasteiger partial charge on any atom is -0.492 e. The Labute approximate surface area is 102 Å². The maximum absolute atomic E-state index is 11.5. The van der Waals surface area contributed by atoms with E-state index in [0.29, 0.717) is 18.9 Å². The monoisotopic (exact) mass is 237 g/mol.